The van der Waals surface area contributed by atoms with Gasteiger partial charge in [-0.2, -0.15) is 0 Å². The molecule has 88 valence electrons. The van der Waals surface area contributed by atoms with E-state index in [9.17, 15) is 20.1 Å². The summed E-state index contributed by atoms with van der Waals surface area (Å²) >= 11 is 0. The Morgan fingerprint density at radius 3 is 2.47 bits per heavy atom. The predicted molar refractivity (Wildman–Crippen MR) is 49.1 cm³/mol. The molecule has 0 aromatic rings. The van der Waals surface area contributed by atoms with Gasteiger partial charge >= 0.3 is 0 Å². The predicted octanol–water partition coefficient (Wildman–Crippen LogP) is -2.19. The molecule has 0 spiro atoms. The molecule has 4 N–H and O–H groups in total. The summed E-state index contributed by atoms with van der Waals surface area (Å²) in [5.41, 5.74) is 0. The smallest absolute Gasteiger partial charge is 0.132 e. The van der Waals surface area contributed by atoms with Crippen LogP contribution in [0, 0.1) is 0 Å². The van der Waals surface area contributed by atoms with Crippen LogP contribution < -0.4 is 0 Å². The van der Waals surface area contributed by atoms with Crippen LogP contribution >= 0.6 is 0 Å². The zero-order valence-corrected chi connectivity index (χ0v) is 8.41. The summed E-state index contributed by atoms with van der Waals surface area (Å²) in [7, 11) is 0. The van der Waals surface area contributed by atoms with E-state index in [1.165, 1.54) is 6.92 Å². The first-order valence-corrected chi connectivity index (χ1v) is 4.77. The van der Waals surface area contributed by atoms with Crippen LogP contribution in [0.1, 0.15) is 13.3 Å². The number of rotatable bonds is 4. The Balaban J connectivity index is 2.62. The van der Waals surface area contributed by atoms with Crippen molar-refractivity contribution in [3.05, 3.63) is 0 Å². The number of aliphatic hydroxyl groups excluding tert-OH is 4. The Labute approximate surface area is 87.1 Å². The minimum absolute atomic E-state index is 0.0210. The lowest BCUT2D eigenvalue weighted by Crippen LogP contribution is -2.40. The van der Waals surface area contributed by atoms with E-state index in [4.69, 9.17) is 9.84 Å². The second kappa shape index (κ2) is 5.00. The lowest BCUT2D eigenvalue weighted by atomic mass is 10.0. The van der Waals surface area contributed by atoms with Crippen molar-refractivity contribution in [1.29, 1.82) is 0 Å². The number of hydrogen-bond acceptors (Lipinski definition) is 6. The molecule has 5 atom stereocenters. The van der Waals surface area contributed by atoms with Crippen LogP contribution in [0.3, 0.4) is 0 Å². The van der Waals surface area contributed by atoms with Gasteiger partial charge in [0.2, 0.25) is 0 Å². The molecule has 0 aliphatic carbocycles. The fourth-order valence-corrected chi connectivity index (χ4v) is 1.65. The largest absolute Gasteiger partial charge is 0.394 e. The maximum Gasteiger partial charge on any atom is 0.132 e. The van der Waals surface area contributed by atoms with Gasteiger partial charge in [0.15, 0.2) is 0 Å². The number of hydrogen-bond donors (Lipinski definition) is 4. The number of carbonyl (C=O) groups excluding carboxylic acids is 1. The summed E-state index contributed by atoms with van der Waals surface area (Å²) in [6.07, 6.45) is -5.63. The van der Waals surface area contributed by atoms with Crippen molar-refractivity contribution < 1.29 is 30.0 Å². The fourth-order valence-electron chi connectivity index (χ4n) is 1.65. The summed E-state index contributed by atoms with van der Waals surface area (Å²) in [5.74, 6) is -0.176. The van der Waals surface area contributed by atoms with E-state index in [1.807, 2.05) is 0 Å². The van der Waals surface area contributed by atoms with Crippen LogP contribution in [-0.2, 0) is 9.53 Å². The van der Waals surface area contributed by atoms with Gasteiger partial charge in [-0.15, -0.1) is 0 Å². The molecule has 0 aromatic carbocycles. The van der Waals surface area contributed by atoms with Gasteiger partial charge in [0.1, 0.15) is 30.2 Å². The molecule has 1 heterocycles. The van der Waals surface area contributed by atoms with E-state index >= 15 is 0 Å². The third-order valence-electron chi connectivity index (χ3n) is 2.45. The van der Waals surface area contributed by atoms with Crippen molar-refractivity contribution >= 4 is 5.78 Å². The molecule has 0 aromatic heterocycles. The highest BCUT2D eigenvalue weighted by Gasteiger charge is 2.45. The molecule has 1 aliphatic rings. The van der Waals surface area contributed by atoms with E-state index in [0.717, 1.165) is 0 Å². The molecule has 6 nitrogen and oxygen atoms in total. The van der Waals surface area contributed by atoms with Gasteiger partial charge in [-0.05, 0) is 6.92 Å². The number of carbonyl (C=O) groups is 1. The third-order valence-corrected chi connectivity index (χ3v) is 2.45. The van der Waals surface area contributed by atoms with Crippen molar-refractivity contribution in [3.63, 3.8) is 0 Å². The molecule has 1 aliphatic heterocycles. The lowest BCUT2D eigenvalue weighted by Gasteiger charge is -2.18. The number of ether oxygens (including phenoxy) is 1. The van der Waals surface area contributed by atoms with Crippen molar-refractivity contribution in [2.24, 2.45) is 0 Å². The molecule has 6 heteroatoms. The number of aliphatic hydroxyl groups is 4. The summed E-state index contributed by atoms with van der Waals surface area (Å²) in [6, 6.07) is 0. The Hall–Kier alpha value is -0.530. The van der Waals surface area contributed by atoms with Gasteiger partial charge in [-0.25, -0.2) is 0 Å². The second-order valence-corrected chi connectivity index (χ2v) is 3.78. The van der Waals surface area contributed by atoms with Crippen LogP contribution in [0.2, 0.25) is 0 Å². The standard InChI is InChI=1S/C9H16O6/c1-4(11)2-6-7(13)8(14)9(15-6)5(12)3-10/h5-10,12-14H,2-3H2,1H3/t5-,6-,7+,8-,9-/m1/s1. The summed E-state index contributed by atoms with van der Waals surface area (Å²) in [5, 5.41) is 36.9. The zero-order valence-electron chi connectivity index (χ0n) is 8.41. The van der Waals surface area contributed by atoms with E-state index < -0.39 is 37.1 Å². The molecule has 1 rings (SSSR count). The topological polar surface area (TPSA) is 107 Å². The molecule has 0 saturated carbocycles. The number of ketones is 1. The molecule has 0 amide bonds. The number of Topliss-reactive ketones (excluding diaryl/α,β-unsaturated/α-hetero) is 1. The first-order valence-electron chi connectivity index (χ1n) is 4.77. The SMILES string of the molecule is CC(=O)C[C@H]1O[C@H]([C@H](O)CO)[C@H](O)[C@H]1O. The van der Waals surface area contributed by atoms with Gasteiger partial charge < -0.3 is 25.2 Å². The van der Waals surface area contributed by atoms with E-state index in [2.05, 4.69) is 0 Å². The van der Waals surface area contributed by atoms with Gasteiger partial charge in [-0.1, -0.05) is 0 Å². The normalized spacial score (nSPS) is 37.9. The lowest BCUT2D eigenvalue weighted by molar-refractivity contribution is -0.122. The van der Waals surface area contributed by atoms with Crippen LogP contribution in [0.4, 0.5) is 0 Å². The highest BCUT2D eigenvalue weighted by molar-refractivity contribution is 5.76. The average molecular weight is 220 g/mol. The summed E-state index contributed by atoms with van der Waals surface area (Å²) in [6.45, 7) is 0.777. The summed E-state index contributed by atoms with van der Waals surface area (Å²) in [4.78, 5) is 10.8. The maximum absolute atomic E-state index is 10.8. The van der Waals surface area contributed by atoms with Gasteiger partial charge in [0.05, 0.1) is 12.7 Å². The third kappa shape index (κ3) is 2.73. The van der Waals surface area contributed by atoms with Crippen molar-refractivity contribution in [1.82, 2.24) is 0 Å². The molecule has 1 fully saturated rings. The second-order valence-electron chi connectivity index (χ2n) is 3.78. The average Bonchev–Trinajstić information content (AvgIpc) is 2.44. The van der Waals surface area contributed by atoms with Crippen LogP contribution in [0.15, 0.2) is 0 Å². The minimum Gasteiger partial charge on any atom is -0.394 e. The fraction of sp³-hybridized carbons (Fsp3) is 0.889. The quantitative estimate of drug-likeness (QED) is 0.428. The first-order chi connectivity index (χ1) is 6.97. The van der Waals surface area contributed by atoms with Crippen LogP contribution in [-0.4, -0.2) is 63.3 Å². The van der Waals surface area contributed by atoms with Gasteiger partial charge in [0.25, 0.3) is 0 Å². The van der Waals surface area contributed by atoms with Crippen LogP contribution in [0.25, 0.3) is 0 Å². The molecule has 0 unspecified atom stereocenters. The maximum atomic E-state index is 10.8. The Morgan fingerprint density at radius 1 is 1.40 bits per heavy atom. The van der Waals surface area contributed by atoms with E-state index in [1.54, 1.807) is 0 Å². The molecule has 1 saturated heterocycles. The minimum atomic E-state index is -1.28. The molecule has 0 radical (unpaired) electrons. The van der Waals surface area contributed by atoms with Gasteiger partial charge in [-0.3, -0.25) is 4.79 Å². The monoisotopic (exact) mass is 220 g/mol. The van der Waals surface area contributed by atoms with Crippen molar-refractivity contribution in [2.45, 2.75) is 43.9 Å². The highest BCUT2D eigenvalue weighted by atomic mass is 16.6. The van der Waals surface area contributed by atoms with Crippen molar-refractivity contribution in [2.75, 3.05) is 6.61 Å². The van der Waals surface area contributed by atoms with E-state index in [-0.39, 0.29) is 12.2 Å². The Bertz CT molecular complexity index is 231. The zero-order chi connectivity index (χ0) is 11.6. The first kappa shape index (κ1) is 12.5. The molecular weight excluding hydrogens is 204 g/mol. The summed E-state index contributed by atoms with van der Waals surface area (Å²) < 4.78 is 5.12. The van der Waals surface area contributed by atoms with Crippen molar-refractivity contribution in [3.8, 4) is 0 Å². The molecular formula is C9H16O6. The van der Waals surface area contributed by atoms with E-state index in [0.29, 0.717) is 0 Å². The molecule has 0 bridgehead atoms. The Morgan fingerprint density at radius 2 is 2.00 bits per heavy atom. The Kier molecular flexibility index (Phi) is 4.18. The highest BCUT2D eigenvalue weighted by Crippen LogP contribution is 2.25. The molecule has 15 heavy (non-hydrogen) atoms. The van der Waals surface area contributed by atoms with Gasteiger partial charge in [0, 0.05) is 6.42 Å². The van der Waals surface area contributed by atoms with Crippen LogP contribution in [0.5, 0.6) is 0 Å².